The number of carbonyl (C=O) groups excluding carboxylic acids is 2. The third kappa shape index (κ3) is 2.58. The molecular formula is C25H17N3O3. The Labute approximate surface area is 177 Å². The maximum absolute atomic E-state index is 13.0. The molecule has 4 aromatic rings. The number of hydrogen-bond acceptors (Lipinski definition) is 3. The fraction of sp³-hybridized carbons (Fsp3) is 0.0400. The molecule has 0 saturated carbocycles. The summed E-state index contributed by atoms with van der Waals surface area (Å²) in [6, 6.07) is 15.6. The van der Waals surface area contributed by atoms with Crippen molar-refractivity contribution >= 4 is 57.2 Å². The minimum atomic E-state index is -0.386. The summed E-state index contributed by atoms with van der Waals surface area (Å²) in [5, 5.41) is 4.30. The number of benzene rings is 2. The third-order valence-electron chi connectivity index (χ3n) is 5.73. The van der Waals surface area contributed by atoms with Gasteiger partial charge < -0.3 is 13.9 Å². The fourth-order valence-electron chi connectivity index (χ4n) is 4.40. The van der Waals surface area contributed by atoms with Crippen LogP contribution < -0.4 is 5.32 Å². The summed E-state index contributed by atoms with van der Waals surface area (Å²) in [5.41, 5.74) is 4.09. The van der Waals surface area contributed by atoms with Gasteiger partial charge in [-0.15, -0.1) is 0 Å². The van der Waals surface area contributed by atoms with E-state index in [2.05, 4.69) is 5.32 Å². The fourth-order valence-corrected chi connectivity index (χ4v) is 4.40. The number of fused-ring (bicyclic) bond motifs is 12. The quantitative estimate of drug-likeness (QED) is 0.447. The van der Waals surface area contributed by atoms with Crippen LogP contribution in [0.25, 0.3) is 45.4 Å². The van der Waals surface area contributed by atoms with Gasteiger partial charge in [0.2, 0.25) is 0 Å². The summed E-state index contributed by atoms with van der Waals surface area (Å²) in [6.07, 6.45) is 11.0. The average Bonchev–Trinajstić information content (AvgIpc) is 3.41. The van der Waals surface area contributed by atoms with Gasteiger partial charge in [-0.3, -0.25) is 14.9 Å². The van der Waals surface area contributed by atoms with Gasteiger partial charge in [-0.05, 0) is 18.2 Å². The van der Waals surface area contributed by atoms with Gasteiger partial charge in [0.15, 0.2) is 0 Å². The van der Waals surface area contributed by atoms with E-state index in [4.69, 9.17) is 4.74 Å². The molecule has 0 fully saturated rings. The molecule has 31 heavy (non-hydrogen) atoms. The molecule has 2 aromatic heterocycles. The highest BCUT2D eigenvalue weighted by Crippen LogP contribution is 2.39. The molecule has 6 rings (SSSR count). The summed E-state index contributed by atoms with van der Waals surface area (Å²) in [6.45, 7) is 0.400. The lowest BCUT2D eigenvalue weighted by Crippen LogP contribution is -2.22. The molecular weight excluding hydrogens is 390 g/mol. The number of rotatable bonds is 0. The largest absolute Gasteiger partial charge is 0.496 e. The van der Waals surface area contributed by atoms with Crippen molar-refractivity contribution in [1.82, 2.24) is 14.5 Å². The SMILES string of the molecule is O=C1NC(=O)C2=C1c1cn(c3ccccc13)/C=C/CO/C=C/n1cc2c2ccccc21. The zero-order chi connectivity index (χ0) is 20.9. The zero-order valence-corrected chi connectivity index (χ0v) is 16.4. The van der Waals surface area contributed by atoms with E-state index in [9.17, 15) is 9.59 Å². The van der Waals surface area contributed by atoms with E-state index >= 15 is 0 Å². The normalized spacial score (nSPS) is 17.9. The molecule has 150 valence electrons. The lowest BCUT2D eigenvalue weighted by molar-refractivity contribution is -0.122. The predicted octanol–water partition coefficient (Wildman–Crippen LogP) is 4.09. The molecule has 4 heterocycles. The molecule has 2 aromatic carbocycles. The molecule has 6 nitrogen and oxygen atoms in total. The van der Waals surface area contributed by atoms with E-state index in [1.54, 1.807) is 6.26 Å². The average molecular weight is 407 g/mol. The molecule has 0 radical (unpaired) electrons. The smallest absolute Gasteiger partial charge is 0.259 e. The maximum atomic E-state index is 13.0. The number of para-hydroxylation sites is 2. The third-order valence-corrected chi connectivity index (χ3v) is 5.73. The predicted molar refractivity (Wildman–Crippen MR) is 120 cm³/mol. The lowest BCUT2D eigenvalue weighted by atomic mass is 9.95. The van der Waals surface area contributed by atoms with Gasteiger partial charge >= 0.3 is 0 Å². The van der Waals surface area contributed by atoms with Crippen LogP contribution >= 0.6 is 0 Å². The number of amides is 2. The van der Waals surface area contributed by atoms with Gasteiger partial charge in [-0.1, -0.05) is 36.4 Å². The second kappa shape index (κ2) is 6.60. The Kier molecular flexibility index (Phi) is 3.73. The maximum Gasteiger partial charge on any atom is 0.259 e. The molecule has 2 aliphatic rings. The summed E-state index contributed by atoms with van der Waals surface area (Å²) < 4.78 is 9.49. The van der Waals surface area contributed by atoms with Crippen molar-refractivity contribution < 1.29 is 14.3 Å². The van der Waals surface area contributed by atoms with Gasteiger partial charge in [0, 0.05) is 46.7 Å². The molecule has 2 amide bonds. The van der Waals surface area contributed by atoms with Crippen LogP contribution in [-0.2, 0) is 14.3 Å². The molecule has 0 aliphatic carbocycles. The van der Waals surface area contributed by atoms with Crippen LogP contribution in [0.15, 0.2) is 73.3 Å². The van der Waals surface area contributed by atoms with Gasteiger partial charge in [-0.25, -0.2) is 0 Å². The number of carbonyl (C=O) groups is 2. The van der Waals surface area contributed by atoms with Crippen LogP contribution in [0, 0.1) is 0 Å². The molecule has 0 saturated heterocycles. The number of ether oxygens (including phenoxy) is 1. The van der Waals surface area contributed by atoms with Crippen LogP contribution in [0.2, 0.25) is 0 Å². The number of imide groups is 1. The first kappa shape index (κ1) is 17.5. The van der Waals surface area contributed by atoms with Gasteiger partial charge in [-0.2, -0.15) is 0 Å². The summed E-state index contributed by atoms with van der Waals surface area (Å²) in [5.74, 6) is -0.766. The first-order chi connectivity index (χ1) is 15.2. The standard InChI is InChI=1S/C25H17N3O3/c29-24-22-18-14-27(20-8-3-1-6-16(18)20)10-5-12-31-13-11-28-15-19(23(22)25(30)26-24)17-7-2-4-9-21(17)28/h1-11,13-15H,12H2,(H,26,29,30)/b10-5+,13-11+. The zero-order valence-electron chi connectivity index (χ0n) is 16.4. The minimum Gasteiger partial charge on any atom is -0.496 e. The van der Waals surface area contributed by atoms with Crippen LogP contribution in [0.5, 0.6) is 0 Å². The highest BCUT2D eigenvalue weighted by atomic mass is 16.5. The second-order valence-corrected chi connectivity index (χ2v) is 7.47. The van der Waals surface area contributed by atoms with Crippen LogP contribution in [0.1, 0.15) is 11.1 Å². The van der Waals surface area contributed by atoms with Crippen LogP contribution in [-0.4, -0.2) is 27.6 Å². The van der Waals surface area contributed by atoms with E-state index in [1.165, 1.54) is 0 Å². The Morgan fingerprint density at radius 3 is 1.90 bits per heavy atom. The van der Waals surface area contributed by atoms with E-state index in [-0.39, 0.29) is 11.8 Å². The highest BCUT2D eigenvalue weighted by molar-refractivity contribution is 6.50. The van der Waals surface area contributed by atoms with E-state index in [0.29, 0.717) is 23.3 Å². The first-order valence-corrected chi connectivity index (χ1v) is 9.97. The van der Waals surface area contributed by atoms with Crippen LogP contribution in [0.3, 0.4) is 0 Å². The minimum absolute atomic E-state index is 0.380. The Hall–Kier alpha value is -4.32. The molecule has 6 heteroatoms. The molecule has 2 aliphatic heterocycles. The number of hydrogen-bond donors (Lipinski definition) is 1. The topological polar surface area (TPSA) is 65.3 Å². The Balaban J connectivity index is 1.76. The monoisotopic (exact) mass is 407 g/mol. The van der Waals surface area contributed by atoms with Crippen molar-refractivity contribution in [3.05, 3.63) is 84.4 Å². The summed E-state index contributed by atoms with van der Waals surface area (Å²) in [4.78, 5) is 26.0. The Morgan fingerprint density at radius 2 is 1.29 bits per heavy atom. The van der Waals surface area contributed by atoms with Crippen LogP contribution in [0.4, 0.5) is 0 Å². The van der Waals surface area contributed by atoms with Gasteiger partial charge in [0.05, 0.1) is 28.4 Å². The second-order valence-electron chi connectivity index (χ2n) is 7.47. The molecule has 0 atom stereocenters. The first-order valence-electron chi connectivity index (χ1n) is 9.97. The van der Waals surface area contributed by atoms with E-state index < -0.39 is 0 Å². The molecule has 0 unspecified atom stereocenters. The molecule has 0 spiro atoms. The van der Waals surface area contributed by atoms with Crippen molar-refractivity contribution in [3.8, 4) is 0 Å². The van der Waals surface area contributed by atoms with Crippen molar-refractivity contribution in [2.45, 2.75) is 0 Å². The lowest BCUT2D eigenvalue weighted by Gasteiger charge is -2.03. The van der Waals surface area contributed by atoms with Gasteiger partial charge in [0.25, 0.3) is 11.8 Å². The number of nitrogens with zero attached hydrogens (tertiary/aromatic N) is 2. The Bertz CT molecular complexity index is 1390. The molecule has 1 N–H and O–H groups in total. The van der Waals surface area contributed by atoms with E-state index in [0.717, 1.165) is 27.4 Å². The van der Waals surface area contributed by atoms with Crippen molar-refractivity contribution in [1.29, 1.82) is 0 Å². The summed E-state index contributed by atoms with van der Waals surface area (Å²) >= 11 is 0. The van der Waals surface area contributed by atoms with Crippen molar-refractivity contribution in [3.63, 3.8) is 0 Å². The van der Waals surface area contributed by atoms with Gasteiger partial charge in [0.1, 0.15) is 6.61 Å². The van der Waals surface area contributed by atoms with Crippen molar-refractivity contribution in [2.24, 2.45) is 0 Å². The highest BCUT2D eigenvalue weighted by Gasteiger charge is 2.35. The number of nitrogens with one attached hydrogen (secondary N) is 1. The summed E-state index contributed by atoms with van der Waals surface area (Å²) in [7, 11) is 0. The number of aromatic nitrogens is 2. The van der Waals surface area contributed by atoms with Crippen molar-refractivity contribution in [2.75, 3.05) is 6.61 Å². The Morgan fingerprint density at radius 1 is 0.742 bits per heavy atom. The molecule has 4 bridgehead atoms. The van der Waals surface area contributed by atoms with E-state index in [1.807, 2.05) is 88.5 Å².